The van der Waals surface area contributed by atoms with Gasteiger partial charge in [-0.2, -0.15) is 0 Å². The van der Waals surface area contributed by atoms with E-state index in [0.717, 1.165) is 25.1 Å². The number of nitrogens with one attached hydrogen (secondary N) is 2. The third-order valence-electron chi connectivity index (χ3n) is 3.67. The number of rotatable bonds is 7. The van der Waals surface area contributed by atoms with Gasteiger partial charge in [0.1, 0.15) is 0 Å². The number of aliphatic hydroxyl groups is 1. The number of hydrogen-bond donors (Lipinski definition) is 3. The molecule has 0 aliphatic heterocycles. The molecular weight excluding hydrogens is 240 g/mol. The molecule has 104 valence electrons. The Kier molecular flexibility index (Phi) is 4.56. The van der Waals surface area contributed by atoms with Crippen molar-refractivity contribution in [1.82, 2.24) is 5.32 Å². The Labute approximate surface area is 114 Å². The van der Waals surface area contributed by atoms with E-state index in [1.165, 1.54) is 0 Å². The fourth-order valence-corrected chi connectivity index (χ4v) is 2.04. The average Bonchev–Trinajstić information content (AvgIpc) is 3.18. The van der Waals surface area contributed by atoms with Crippen molar-refractivity contribution in [2.24, 2.45) is 5.41 Å². The second kappa shape index (κ2) is 6.17. The third kappa shape index (κ3) is 4.33. The van der Waals surface area contributed by atoms with Crippen LogP contribution in [0.2, 0.25) is 0 Å². The Balaban J connectivity index is 1.70. The molecule has 1 aromatic carbocycles. The van der Waals surface area contributed by atoms with Gasteiger partial charge < -0.3 is 15.7 Å². The molecule has 0 radical (unpaired) electrons. The van der Waals surface area contributed by atoms with Crippen molar-refractivity contribution in [1.29, 1.82) is 0 Å². The van der Waals surface area contributed by atoms with Gasteiger partial charge in [-0.15, -0.1) is 0 Å². The molecule has 19 heavy (non-hydrogen) atoms. The molecule has 3 N–H and O–H groups in total. The van der Waals surface area contributed by atoms with Crippen molar-refractivity contribution < 1.29 is 9.90 Å². The number of carbonyl (C=O) groups excluding carboxylic acids is 1. The summed E-state index contributed by atoms with van der Waals surface area (Å²) in [7, 11) is 0. The van der Waals surface area contributed by atoms with E-state index < -0.39 is 0 Å². The van der Waals surface area contributed by atoms with Crippen molar-refractivity contribution in [2.45, 2.75) is 32.2 Å². The summed E-state index contributed by atoms with van der Waals surface area (Å²) in [6.45, 7) is 3.03. The number of aliphatic hydroxyl groups excluding tert-OH is 1. The average molecular weight is 262 g/mol. The molecule has 1 saturated carbocycles. The third-order valence-corrected chi connectivity index (χ3v) is 3.67. The highest BCUT2D eigenvalue weighted by Gasteiger charge is 2.41. The van der Waals surface area contributed by atoms with Gasteiger partial charge in [0, 0.05) is 36.7 Å². The minimum absolute atomic E-state index is 0.0139. The van der Waals surface area contributed by atoms with E-state index in [-0.39, 0.29) is 24.0 Å². The largest absolute Gasteiger partial charge is 0.396 e. The predicted octanol–water partition coefficient (Wildman–Crippen LogP) is 1.77. The van der Waals surface area contributed by atoms with Crippen molar-refractivity contribution in [3.05, 3.63) is 30.3 Å². The number of hydrogen-bond acceptors (Lipinski definition) is 3. The summed E-state index contributed by atoms with van der Waals surface area (Å²) in [6, 6.07) is 9.59. The molecule has 1 aliphatic rings. The highest BCUT2D eigenvalue weighted by molar-refractivity contribution is 5.90. The van der Waals surface area contributed by atoms with E-state index in [0.29, 0.717) is 6.42 Å². The Bertz CT molecular complexity index is 415. The summed E-state index contributed by atoms with van der Waals surface area (Å²) in [5.41, 5.74) is 0.915. The number of anilines is 1. The van der Waals surface area contributed by atoms with Gasteiger partial charge in [-0.3, -0.25) is 4.79 Å². The van der Waals surface area contributed by atoms with Crippen LogP contribution in [0.1, 0.15) is 26.2 Å². The molecule has 1 aromatic rings. The second-order valence-electron chi connectivity index (χ2n) is 5.56. The smallest absolute Gasteiger partial charge is 0.225 e. The van der Waals surface area contributed by atoms with Crippen LogP contribution in [-0.4, -0.2) is 30.2 Å². The van der Waals surface area contributed by atoms with Crippen LogP contribution < -0.4 is 10.6 Å². The number of carbonyl (C=O) groups is 1. The lowest BCUT2D eigenvalue weighted by Gasteiger charge is -2.18. The van der Waals surface area contributed by atoms with Gasteiger partial charge in [0.15, 0.2) is 0 Å². The van der Waals surface area contributed by atoms with E-state index in [1.54, 1.807) is 0 Å². The van der Waals surface area contributed by atoms with E-state index in [9.17, 15) is 9.90 Å². The summed E-state index contributed by atoms with van der Waals surface area (Å²) >= 11 is 0. The topological polar surface area (TPSA) is 61.4 Å². The first-order chi connectivity index (χ1) is 9.13. The first-order valence-corrected chi connectivity index (χ1v) is 6.83. The highest BCUT2D eigenvalue weighted by atomic mass is 16.3. The van der Waals surface area contributed by atoms with Gasteiger partial charge in [0.05, 0.1) is 0 Å². The van der Waals surface area contributed by atoms with E-state index >= 15 is 0 Å². The van der Waals surface area contributed by atoms with Crippen molar-refractivity contribution in [2.75, 3.05) is 18.5 Å². The fraction of sp³-hybridized carbons (Fsp3) is 0.533. The van der Waals surface area contributed by atoms with Crippen molar-refractivity contribution >= 4 is 11.6 Å². The number of amides is 1. The van der Waals surface area contributed by atoms with Gasteiger partial charge in [-0.1, -0.05) is 18.2 Å². The molecule has 0 heterocycles. The van der Waals surface area contributed by atoms with Gasteiger partial charge >= 0.3 is 0 Å². The number of para-hydroxylation sites is 1. The molecule has 1 amide bonds. The van der Waals surface area contributed by atoms with Crippen LogP contribution in [0.3, 0.4) is 0 Å². The van der Waals surface area contributed by atoms with Crippen LogP contribution in [0.15, 0.2) is 30.3 Å². The van der Waals surface area contributed by atoms with Crippen LogP contribution in [-0.2, 0) is 4.79 Å². The van der Waals surface area contributed by atoms with Crippen LogP contribution in [0.4, 0.5) is 5.69 Å². The molecule has 1 atom stereocenters. The maximum atomic E-state index is 11.8. The zero-order valence-electron chi connectivity index (χ0n) is 11.4. The zero-order chi connectivity index (χ0) is 13.7. The molecule has 2 rings (SSSR count). The second-order valence-corrected chi connectivity index (χ2v) is 5.56. The predicted molar refractivity (Wildman–Crippen MR) is 75.9 cm³/mol. The van der Waals surface area contributed by atoms with Crippen LogP contribution in [0.5, 0.6) is 0 Å². The zero-order valence-corrected chi connectivity index (χ0v) is 11.4. The minimum atomic E-state index is 0.0139. The Morgan fingerprint density at radius 1 is 1.37 bits per heavy atom. The van der Waals surface area contributed by atoms with Crippen molar-refractivity contribution in [3.63, 3.8) is 0 Å². The highest BCUT2D eigenvalue weighted by Crippen LogP contribution is 2.44. The Morgan fingerprint density at radius 3 is 2.63 bits per heavy atom. The molecule has 0 bridgehead atoms. The normalized spacial score (nSPS) is 17.8. The first kappa shape index (κ1) is 14.0. The standard InChI is InChI=1S/C15H22N2O2/c1-12(16-10-15(11-18)7-8-15)9-14(19)17-13-5-3-2-4-6-13/h2-6,12,16,18H,7-11H2,1H3,(H,17,19). The van der Waals surface area contributed by atoms with E-state index in [2.05, 4.69) is 10.6 Å². The lowest BCUT2D eigenvalue weighted by Crippen LogP contribution is -2.36. The van der Waals surface area contributed by atoms with Crippen LogP contribution >= 0.6 is 0 Å². The monoisotopic (exact) mass is 262 g/mol. The summed E-state index contributed by atoms with van der Waals surface area (Å²) < 4.78 is 0. The first-order valence-electron chi connectivity index (χ1n) is 6.83. The summed E-state index contributed by atoms with van der Waals surface area (Å²) in [4.78, 5) is 11.8. The molecule has 0 spiro atoms. The number of benzene rings is 1. The van der Waals surface area contributed by atoms with Gasteiger partial charge in [0.25, 0.3) is 0 Å². The Hall–Kier alpha value is -1.39. The van der Waals surface area contributed by atoms with Crippen LogP contribution in [0.25, 0.3) is 0 Å². The summed E-state index contributed by atoms with van der Waals surface area (Å²) in [6.07, 6.45) is 2.61. The molecule has 1 aliphatic carbocycles. The summed E-state index contributed by atoms with van der Waals surface area (Å²) in [5.74, 6) is 0.0139. The van der Waals surface area contributed by atoms with Gasteiger partial charge in [0.2, 0.25) is 5.91 Å². The van der Waals surface area contributed by atoms with E-state index in [1.807, 2.05) is 37.3 Å². The maximum absolute atomic E-state index is 11.8. The van der Waals surface area contributed by atoms with Crippen molar-refractivity contribution in [3.8, 4) is 0 Å². The lowest BCUT2D eigenvalue weighted by molar-refractivity contribution is -0.116. The van der Waals surface area contributed by atoms with Crippen LogP contribution in [0, 0.1) is 5.41 Å². The van der Waals surface area contributed by atoms with Gasteiger partial charge in [-0.25, -0.2) is 0 Å². The van der Waals surface area contributed by atoms with Gasteiger partial charge in [-0.05, 0) is 31.9 Å². The molecular formula is C15H22N2O2. The Morgan fingerprint density at radius 2 is 2.05 bits per heavy atom. The minimum Gasteiger partial charge on any atom is -0.396 e. The SMILES string of the molecule is CC(CC(=O)Nc1ccccc1)NCC1(CO)CC1. The molecule has 4 nitrogen and oxygen atoms in total. The fourth-order valence-electron chi connectivity index (χ4n) is 2.04. The molecule has 1 unspecified atom stereocenters. The van der Waals surface area contributed by atoms with E-state index in [4.69, 9.17) is 0 Å². The molecule has 4 heteroatoms. The maximum Gasteiger partial charge on any atom is 0.225 e. The lowest BCUT2D eigenvalue weighted by atomic mass is 10.1. The molecule has 1 fully saturated rings. The quantitative estimate of drug-likeness (QED) is 0.702. The molecule has 0 aromatic heterocycles. The summed E-state index contributed by atoms with van der Waals surface area (Å²) in [5, 5.41) is 15.4. The molecule has 0 saturated heterocycles.